The minimum atomic E-state index is -1.07. The largest absolute Gasteiger partial charge is 0.481 e. The third kappa shape index (κ3) is 6.53. The van der Waals surface area contributed by atoms with E-state index in [-0.39, 0.29) is 12.8 Å². The first-order chi connectivity index (χ1) is 9.47. The SMILES string of the molecule is Cc1cccc(CCNC(=O)NC(=O)CCC(=O)O)c1. The van der Waals surface area contributed by atoms with Crippen molar-refractivity contribution in [1.29, 1.82) is 0 Å². The van der Waals surface area contributed by atoms with Crippen molar-refractivity contribution in [2.45, 2.75) is 26.2 Å². The maximum Gasteiger partial charge on any atom is 0.321 e. The van der Waals surface area contributed by atoms with E-state index < -0.39 is 17.9 Å². The number of nitrogens with one attached hydrogen (secondary N) is 2. The van der Waals surface area contributed by atoms with Crippen molar-refractivity contribution in [3.05, 3.63) is 35.4 Å². The fraction of sp³-hybridized carbons (Fsp3) is 0.357. The monoisotopic (exact) mass is 278 g/mol. The Morgan fingerprint density at radius 2 is 1.95 bits per heavy atom. The van der Waals surface area contributed by atoms with Crippen LogP contribution in [0.3, 0.4) is 0 Å². The van der Waals surface area contributed by atoms with Crippen LogP contribution >= 0.6 is 0 Å². The summed E-state index contributed by atoms with van der Waals surface area (Å²) in [5.74, 6) is -1.67. The second kappa shape index (κ2) is 7.93. The normalized spacial score (nSPS) is 9.85. The molecular formula is C14H18N2O4. The van der Waals surface area contributed by atoms with Crippen molar-refractivity contribution >= 4 is 17.9 Å². The van der Waals surface area contributed by atoms with Gasteiger partial charge < -0.3 is 10.4 Å². The highest BCUT2D eigenvalue weighted by molar-refractivity contribution is 5.95. The van der Waals surface area contributed by atoms with Gasteiger partial charge in [-0.1, -0.05) is 29.8 Å². The summed E-state index contributed by atoms with van der Waals surface area (Å²) in [7, 11) is 0. The molecule has 0 spiro atoms. The maximum absolute atomic E-state index is 11.4. The van der Waals surface area contributed by atoms with Gasteiger partial charge in [-0.15, -0.1) is 0 Å². The van der Waals surface area contributed by atoms with E-state index in [1.54, 1.807) is 0 Å². The number of urea groups is 1. The number of imide groups is 1. The molecule has 0 unspecified atom stereocenters. The molecule has 6 heteroatoms. The van der Waals surface area contributed by atoms with Crippen LogP contribution in [0.2, 0.25) is 0 Å². The van der Waals surface area contributed by atoms with Gasteiger partial charge in [0.25, 0.3) is 0 Å². The van der Waals surface area contributed by atoms with Crippen molar-refractivity contribution in [2.75, 3.05) is 6.54 Å². The Labute approximate surface area is 117 Å². The third-order valence-corrected chi connectivity index (χ3v) is 2.60. The Balaban J connectivity index is 2.23. The summed E-state index contributed by atoms with van der Waals surface area (Å²) in [4.78, 5) is 32.8. The van der Waals surface area contributed by atoms with Crippen molar-refractivity contribution in [2.24, 2.45) is 0 Å². The molecule has 3 amide bonds. The molecule has 0 radical (unpaired) electrons. The van der Waals surface area contributed by atoms with Crippen LogP contribution in [0.5, 0.6) is 0 Å². The van der Waals surface area contributed by atoms with Crippen LogP contribution in [-0.4, -0.2) is 29.6 Å². The molecule has 1 aromatic carbocycles. The van der Waals surface area contributed by atoms with E-state index in [0.29, 0.717) is 13.0 Å². The molecule has 0 aliphatic rings. The highest BCUT2D eigenvalue weighted by Crippen LogP contribution is 2.03. The molecule has 6 nitrogen and oxygen atoms in total. The summed E-state index contributed by atoms with van der Waals surface area (Å²) in [6.45, 7) is 2.40. The lowest BCUT2D eigenvalue weighted by Gasteiger charge is -2.06. The highest BCUT2D eigenvalue weighted by atomic mass is 16.4. The van der Waals surface area contributed by atoms with Gasteiger partial charge in [0.1, 0.15) is 0 Å². The van der Waals surface area contributed by atoms with Gasteiger partial charge in [-0.25, -0.2) is 4.79 Å². The van der Waals surface area contributed by atoms with Gasteiger partial charge in [0.15, 0.2) is 0 Å². The Hall–Kier alpha value is -2.37. The van der Waals surface area contributed by atoms with E-state index in [0.717, 1.165) is 11.1 Å². The lowest BCUT2D eigenvalue weighted by atomic mass is 10.1. The van der Waals surface area contributed by atoms with Gasteiger partial charge in [-0.05, 0) is 18.9 Å². The smallest absolute Gasteiger partial charge is 0.321 e. The number of carboxylic acid groups (broad SMARTS) is 1. The van der Waals surface area contributed by atoms with Gasteiger partial charge in [0.2, 0.25) is 5.91 Å². The topological polar surface area (TPSA) is 95.5 Å². The van der Waals surface area contributed by atoms with Crippen LogP contribution in [0.25, 0.3) is 0 Å². The molecule has 0 atom stereocenters. The number of rotatable bonds is 6. The number of amides is 3. The molecule has 0 aliphatic heterocycles. The minimum absolute atomic E-state index is 0.208. The van der Waals surface area contributed by atoms with Crippen LogP contribution in [0.1, 0.15) is 24.0 Å². The zero-order valence-corrected chi connectivity index (χ0v) is 11.3. The van der Waals surface area contributed by atoms with Crippen molar-refractivity contribution in [3.63, 3.8) is 0 Å². The predicted octanol–water partition coefficient (Wildman–Crippen LogP) is 1.23. The van der Waals surface area contributed by atoms with Crippen molar-refractivity contribution in [3.8, 4) is 0 Å². The van der Waals surface area contributed by atoms with Crippen LogP contribution < -0.4 is 10.6 Å². The summed E-state index contributed by atoms with van der Waals surface area (Å²) in [6.07, 6.45) is 0.168. The zero-order chi connectivity index (χ0) is 15.0. The van der Waals surface area contributed by atoms with E-state index in [1.165, 1.54) is 0 Å². The number of benzene rings is 1. The molecule has 1 aromatic rings. The van der Waals surface area contributed by atoms with Gasteiger partial charge in [-0.3, -0.25) is 14.9 Å². The number of aliphatic carboxylic acids is 1. The molecule has 108 valence electrons. The van der Waals surface area contributed by atoms with E-state index in [4.69, 9.17) is 5.11 Å². The molecule has 1 rings (SSSR count). The summed E-state index contributed by atoms with van der Waals surface area (Å²) in [5, 5.41) is 13.0. The first-order valence-electron chi connectivity index (χ1n) is 6.32. The van der Waals surface area contributed by atoms with Crippen LogP contribution in [0.4, 0.5) is 4.79 Å². The molecule has 0 fully saturated rings. The number of aryl methyl sites for hydroxylation is 1. The molecule has 3 N–H and O–H groups in total. The molecular weight excluding hydrogens is 260 g/mol. The summed E-state index contributed by atoms with van der Waals surface area (Å²) >= 11 is 0. The first kappa shape index (κ1) is 15.7. The lowest BCUT2D eigenvalue weighted by molar-refractivity contribution is -0.138. The standard InChI is InChI=1S/C14H18N2O4/c1-10-3-2-4-11(9-10)7-8-15-14(20)16-12(17)5-6-13(18)19/h2-4,9H,5-8H2,1H3,(H,18,19)(H2,15,16,17,20). The lowest BCUT2D eigenvalue weighted by Crippen LogP contribution is -2.40. The average molecular weight is 278 g/mol. The summed E-state index contributed by atoms with van der Waals surface area (Å²) in [5.41, 5.74) is 2.25. The molecule has 20 heavy (non-hydrogen) atoms. The maximum atomic E-state index is 11.4. The first-order valence-corrected chi connectivity index (χ1v) is 6.32. The Bertz CT molecular complexity index is 500. The molecule has 0 aromatic heterocycles. The fourth-order valence-electron chi connectivity index (χ4n) is 1.64. The summed E-state index contributed by atoms with van der Waals surface area (Å²) in [6, 6.07) is 7.32. The highest BCUT2D eigenvalue weighted by Gasteiger charge is 2.08. The van der Waals surface area contributed by atoms with Crippen LogP contribution in [-0.2, 0) is 16.0 Å². The Morgan fingerprint density at radius 3 is 2.60 bits per heavy atom. The van der Waals surface area contributed by atoms with Gasteiger partial charge >= 0.3 is 12.0 Å². The quantitative estimate of drug-likeness (QED) is 0.729. The Morgan fingerprint density at radius 1 is 1.20 bits per heavy atom. The van der Waals surface area contributed by atoms with E-state index >= 15 is 0 Å². The van der Waals surface area contributed by atoms with Crippen molar-refractivity contribution in [1.82, 2.24) is 10.6 Å². The number of hydrogen-bond donors (Lipinski definition) is 3. The van der Waals surface area contributed by atoms with E-state index in [1.807, 2.05) is 31.2 Å². The van der Waals surface area contributed by atoms with Gasteiger partial charge in [0.05, 0.1) is 6.42 Å². The van der Waals surface area contributed by atoms with Crippen molar-refractivity contribution < 1.29 is 19.5 Å². The molecule has 0 aliphatic carbocycles. The number of carboxylic acids is 1. The average Bonchev–Trinajstić information content (AvgIpc) is 2.36. The van der Waals surface area contributed by atoms with Crippen LogP contribution in [0, 0.1) is 6.92 Å². The number of carbonyl (C=O) groups excluding carboxylic acids is 2. The van der Waals surface area contributed by atoms with Gasteiger partial charge in [0, 0.05) is 13.0 Å². The fourth-order valence-corrected chi connectivity index (χ4v) is 1.64. The minimum Gasteiger partial charge on any atom is -0.481 e. The summed E-state index contributed by atoms with van der Waals surface area (Å²) < 4.78 is 0. The van der Waals surface area contributed by atoms with E-state index in [2.05, 4.69) is 10.6 Å². The molecule has 0 saturated carbocycles. The second-order valence-corrected chi connectivity index (χ2v) is 4.44. The van der Waals surface area contributed by atoms with Gasteiger partial charge in [-0.2, -0.15) is 0 Å². The second-order valence-electron chi connectivity index (χ2n) is 4.44. The molecule has 0 heterocycles. The Kier molecular flexibility index (Phi) is 6.22. The zero-order valence-electron chi connectivity index (χ0n) is 11.3. The number of hydrogen-bond acceptors (Lipinski definition) is 3. The molecule has 0 bridgehead atoms. The predicted molar refractivity (Wildman–Crippen MR) is 73.3 cm³/mol. The van der Waals surface area contributed by atoms with Crippen LogP contribution in [0.15, 0.2) is 24.3 Å². The van der Waals surface area contributed by atoms with E-state index in [9.17, 15) is 14.4 Å². The third-order valence-electron chi connectivity index (χ3n) is 2.60. The molecule has 0 saturated heterocycles. The number of carbonyl (C=O) groups is 3.